The first-order valence-electron chi connectivity index (χ1n) is 7.37. The second-order valence-corrected chi connectivity index (χ2v) is 6.72. The summed E-state index contributed by atoms with van der Waals surface area (Å²) in [6.07, 6.45) is 2.26. The van der Waals surface area contributed by atoms with Gasteiger partial charge in [0.1, 0.15) is 0 Å². The van der Waals surface area contributed by atoms with Crippen LogP contribution >= 0.6 is 0 Å². The van der Waals surface area contributed by atoms with Gasteiger partial charge in [0.2, 0.25) is 5.89 Å². The van der Waals surface area contributed by atoms with Crippen LogP contribution in [0.3, 0.4) is 0 Å². The SMILES string of the molecule is Cc1noc(CCn2c(C)cc3c2CC(C)(C)CC3=O)n1. The van der Waals surface area contributed by atoms with Crippen molar-refractivity contribution in [1.82, 2.24) is 14.7 Å². The highest BCUT2D eigenvalue weighted by Gasteiger charge is 2.33. The van der Waals surface area contributed by atoms with Crippen LogP contribution in [0.15, 0.2) is 10.6 Å². The van der Waals surface area contributed by atoms with E-state index in [4.69, 9.17) is 4.52 Å². The third-order valence-corrected chi connectivity index (χ3v) is 4.12. The van der Waals surface area contributed by atoms with Gasteiger partial charge in [-0.15, -0.1) is 0 Å². The molecule has 0 aliphatic heterocycles. The van der Waals surface area contributed by atoms with Crippen LogP contribution in [0, 0.1) is 19.3 Å². The number of ketones is 1. The molecule has 0 unspecified atom stereocenters. The van der Waals surface area contributed by atoms with Crippen molar-refractivity contribution in [2.24, 2.45) is 5.41 Å². The van der Waals surface area contributed by atoms with Crippen molar-refractivity contribution in [3.8, 4) is 0 Å². The molecular weight excluding hydrogens is 266 g/mol. The molecule has 2 heterocycles. The monoisotopic (exact) mass is 287 g/mol. The summed E-state index contributed by atoms with van der Waals surface area (Å²) in [5.41, 5.74) is 3.22. The Bertz CT molecular complexity index is 694. The van der Waals surface area contributed by atoms with Crippen molar-refractivity contribution in [2.75, 3.05) is 0 Å². The van der Waals surface area contributed by atoms with Gasteiger partial charge in [0, 0.05) is 36.3 Å². The molecule has 0 atom stereocenters. The summed E-state index contributed by atoms with van der Waals surface area (Å²) in [5, 5.41) is 3.81. The summed E-state index contributed by atoms with van der Waals surface area (Å²) in [6.45, 7) is 8.95. The largest absolute Gasteiger partial charge is 0.348 e. The molecule has 0 bridgehead atoms. The molecule has 0 radical (unpaired) electrons. The Hall–Kier alpha value is -1.91. The molecule has 2 aromatic rings. The van der Waals surface area contributed by atoms with Gasteiger partial charge in [-0.1, -0.05) is 19.0 Å². The second-order valence-electron chi connectivity index (χ2n) is 6.72. The molecule has 5 nitrogen and oxygen atoms in total. The fourth-order valence-corrected chi connectivity index (χ4v) is 3.17. The van der Waals surface area contributed by atoms with Gasteiger partial charge in [0.05, 0.1) is 0 Å². The number of aromatic nitrogens is 3. The summed E-state index contributed by atoms with van der Waals surface area (Å²) in [5.74, 6) is 1.57. The van der Waals surface area contributed by atoms with E-state index in [1.54, 1.807) is 0 Å². The van der Waals surface area contributed by atoms with Crippen LogP contribution in [-0.2, 0) is 19.4 Å². The first kappa shape index (κ1) is 14.0. The number of hydrogen-bond donors (Lipinski definition) is 0. The molecule has 0 N–H and O–H groups in total. The van der Waals surface area contributed by atoms with Crippen molar-refractivity contribution in [3.63, 3.8) is 0 Å². The highest BCUT2D eigenvalue weighted by atomic mass is 16.5. The zero-order valence-corrected chi connectivity index (χ0v) is 13.1. The Kier molecular flexibility index (Phi) is 3.23. The Balaban J connectivity index is 1.88. The minimum Gasteiger partial charge on any atom is -0.348 e. The average Bonchev–Trinajstić information content (AvgIpc) is 2.90. The lowest BCUT2D eigenvalue weighted by Crippen LogP contribution is -2.28. The zero-order chi connectivity index (χ0) is 15.2. The number of rotatable bonds is 3. The average molecular weight is 287 g/mol. The van der Waals surface area contributed by atoms with Crippen LogP contribution in [0.25, 0.3) is 0 Å². The van der Waals surface area contributed by atoms with E-state index in [2.05, 4.69) is 35.5 Å². The lowest BCUT2D eigenvalue weighted by Gasteiger charge is -2.29. The van der Waals surface area contributed by atoms with Crippen LogP contribution in [-0.4, -0.2) is 20.5 Å². The number of aryl methyl sites for hydroxylation is 3. The van der Waals surface area contributed by atoms with E-state index in [9.17, 15) is 4.79 Å². The van der Waals surface area contributed by atoms with E-state index >= 15 is 0 Å². The topological polar surface area (TPSA) is 60.9 Å². The van der Waals surface area contributed by atoms with Crippen LogP contribution in [0.2, 0.25) is 0 Å². The van der Waals surface area contributed by atoms with Gasteiger partial charge in [-0.3, -0.25) is 4.79 Å². The number of carbonyl (C=O) groups excluding carboxylic acids is 1. The van der Waals surface area contributed by atoms with Crippen molar-refractivity contribution >= 4 is 5.78 Å². The molecular formula is C16H21N3O2. The standard InChI is InChI=1S/C16H21N3O2/c1-10-7-12-13(8-16(3,4)9-14(12)20)19(10)6-5-15-17-11(2)18-21-15/h7H,5-6,8-9H2,1-4H3. The van der Waals surface area contributed by atoms with Crippen molar-refractivity contribution in [2.45, 2.75) is 53.5 Å². The molecule has 1 aliphatic carbocycles. The Morgan fingerprint density at radius 2 is 2.10 bits per heavy atom. The van der Waals surface area contributed by atoms with E-state index in [0.717, 1.165) is 29.9 Å². The van der Waals surface area contributed by atoms with Gasteiger partial charge in [-0.2, -0.15) is 4.98 Å². The molecule has 112 valence electrons. The minimum atomic E-state index is 0.0354. The number of fused-ring (bicyclic) bond motifs is 1. The van der Waals surface area contributed by atoms with Crippen LogP contribution in [0.5, 0.6) is 0 Å². The van der Waals surface area contributed by atoms with E-state index in [0.29, 0.717) is 24.6 Å². The number of hydrogen-bond acceptors (Lipinski definition) is 4. The molecule has 0 saturated heterocycles. The molecule has 5 heteroatoms. The van der Waals surface area contributed by atoms with E-state index in [1.165, 1.54) is 0 Å². The van der Waals surface area contributed by atoms with Crippen molar-refractivity contribution < 1.29 is 9.32 Å². The maximum atomic E-state index is 12.3. The first-order valence-corrected chi connectivity index (χ1v) is 7.37. The highest BCUT2D eigenvalue weighted by Crippen LogP contribution is 2.36. The van der Waals surface area contributed by atoms with Crippen molar-refractivity contribution in [3.05, 3.63) is 34.7 Å². The van der Waals surface area contributed by atoms with E-state index in [-0.39, 0.29) is 11.2 Å². The van der Waals surface area contributed by atoms with E-state index in [1.807, 2.05) is 13.0 Å². The summed E-state index contributed by atoms with van der Waals surface area (Å²) in [6, 6.07) is 2.02. The normalized spacial score (nSPS) is 17.0. The van der Waals surface area contributed by atoms with Gasteiger partial charge in [0.25, 0.3) is 0 Å². The molecule has 3 rings (SSSR count). The van der Waals surface area contributed by atoms with Gasteiger partial charge in [0.15, 0.2) is 11.6 Å². The first-order chi connectivity index (χ1) is 9.85. The Morgan fingerprint density at radius 1 is 1.33 bits per heavy atom. The second kappa shape index (κ2) is 4.83. The lowest BCUT2D eigenvalue weighted by molar-refractivity contribution is 0.0910. The molecule has 1 aliphatic rings. The Labute approximate surface area is 124 Å². The van der Waals surface area contributed by atoms with Crippen molar-refractivity contribution in [1.29, 1.82) is 0 Å². The summed E-state index contributed by atoms with van der Waals surface area (Å²) < 4.78 is 7.40. The summed E-state index contributed by atoms with van der Waals surface area (Å²) in [7, 11) is 0. The maximum absolute atomic E-state index is 12.3. The summed E-state index contributed by atoms with van der Waals surface area (Å²) in [4.78, 5) is 16.5. The van der Waals surface area contributed by atoms with Gasteiger partial charge in [-0.05, 0) is 31.7 Å². The fraction of sp³-hybridized carbons (Fsp3) is 0.562. The Morgan fingerprint density at radius 3 is 2.76 bits per heavy atom. The van der Waals surface area contributed by atoms with E-state index < -0.39 is 0 Å². The minimum absolute atomic E-state index is 0.0354. The quantitative estimate of drug-likeness (QED) is 0.871. The molecule has 0 saturated carbocycles. The molecule has 0 spiro atoms. The predicted molar refractivity (Wildman–Crippen MR) is 78.3 cm³/mol. The highest BCUT2D eigenvalue weighted by molar-refractivity contribution is 5.99. The molecule has 0 aromatic carbocycles. The smallest absolute Gasteiger partial charge is 0.228 e. The number of nitrogens with zero attached hydrogens (tertiary/aromatic N) is 3. The number of Topliss-reactive ketones (excluding diaryl/α,β-unsaturated/α-hetero) is 1. The van der Waals surface area contributed by atoms with Gasteiger partial charge >= 0.3 is 0 Å². The number of carbonyl (C=O) groups is 1. The summed E-state index contributed by atoms with van der Waals surface area (Å²) >= 11 is 0. The maximum Gasteiger partial charge on any atom is 0.228 e. The van der Waals surface area contributed by atoms with Gasteiger partial charge in [-0.25, -0.2) is 0 Å². The third kappa shape index (κ3) is 2.64. The molecule has 2 aromatic heterocycles. The predicted octanol–water partition coefficient (Wildman–Crippen LogP) is 2.89. The fourth-order valence-electron chi connectivity index (χ4n) is 3.17. The van der Waals surface area contributed by atoms with Crippen LogP contribution in [0.1, 0.15) is 53.7 Å². The lowest BCUT2D eigenvalue weighted by atomic mass is 9.76. The van der Waals surface area contributed by atoms with Crippen LogP contribution < -0.4 is 0 Å². The molecule has 0 fully saturated rings. The zero-order valence-electron chi connectivity index (χ0n) is 13.1. The third-order valence-electron chi connectivity index (χ3n) is 4.12. The van der Waals surface area contributed by atoms with Gasteiger partial charge < -0.3 is 9.09 Å². The molecule has 0 amide bonds. The van der Waals surface area contributed by atoms with Crippen LogP contribution in [0.4, 0.5) is 0 Å². The molecule has 21 heavy (non-hydrogen) atoms.